The minimum Gasteiger partial charge on any atom is -0.504 e. The van der Waals surface area contributed by atoms with Gasteiger partial charge >= 0.3 is 0 Å². The molecule has 4 rings (SSSR count). The summed E-state index contributed by atoms with van der Waals surface area (Å²) in [6.07, 6.45) is 10.2. The fourth-order valence-electron chi connectivity index (χ4n) is 6.00. The average molecular weight is 507 g/mol. The van der Waals surface area contributed by atoms with Crippen LogP contribution in [0.1, 0.15) is 75.8 Å². The molecule has 5 atom stereocenters. The van der Waals surface area contributed by atoms with Crippen LogP contribution in [-0.2, 0) is 12.8 Å². The van der Waals surface area contributed by atoms with Gasteiger partial charge < -0.3 is 25.8 Å². The number of benzene rings is 1. The Morgan fingerprint density at radius 2 is 2.00 bits per heavy atom. The van der Waals surface area contributed by atoms with Gasteiger partial charge in [-0.3, -0.25) is 0 Å². The molecule has 1 fully saturated rings. The van der Waals surface area contributed by atoms with Gasteiger partial charge in [0.1, 0.15) is 5.82 Å². The first-order valence-corrected chi connectivity index (χ1v) is 13.9. The molecule has 6 heteroatoms. The first-order valence-electron chi connectivity index (χ1n) is 13.9. The molecule has 2 aliphatic rings. The van der Waals surface area contributed by atoms with Gasteiger partial charge in [0.25, 0.3) is 0 Å². The number of fused-ring (bicyclic) bond motifs is 3. The lowest BCUT2D eigenvalue weighted by Crippen LogP contribution is -2.37. The average Bonchev–Trinajstić information content (AvgIpc) is 3.08. The first-order chi connectivity index (χ1) is 17.9. The molecule has 37 heavy (non-hydrogen) atoms. The van der Waals surface area contributed by atoms with Crippen molar-refractivity contribution in [1.82, 2.24) is 4.98 Å². The zero-order valence-corrected chi connectivity index (χ0v) is 22.0. The summed E-state index contributed by atoms with van der Waals surface area (Å²) >= 11 is 0. The first kappa shape index (κ1) is 27.3. The molecule has 0 amide bonds. The third-order valence-corrected chi connectivity index (χ3v) is 8.47. The van der Waals surface area contributed by atoms with E-state index in [-0.39, 0.29) is 23.0 Å². The molecule has 1 saturated carbocycles. The van der Waals surface area contributed by atoms with Gasteiger partial charge in [-0.1, -0.05) is 25.3 Å². The Labute approximate surface area is 221 Å². The fraction of sp³-hybridized carbons (Fsp3) is 0.581. The highest BCUT2D eigenvalue weighted by molar-refractivity contribution is 5.42. The molecule has 5 N–H and O–H groups in total. The van der Waals surface area contributed by atoms with Crippen LogP contribution in [0, 0.1) is 29.1 Å². The highest BCUT2D eigenvalue weighted by atomic mass is 16.5. The number of aromatic nitrogens is 1. The van der Waals surface area contributed by atoms with Gasteiger partial charge in [-0.05, 0) is 99.1 Å². The van der Waals surface area contributed by atoms with Crippen molar-refractivity contribution in [3.63, 3.8) is 0 Å². The molecule has 1 heterocycles. The molecule has 5 unspecified atom stereocenters. The van der Waals surface area contributed by atoms with Crippen LogP contribution in [0.2, 0.25) is 0 Å². The predicted molar refractivity (Wildman–Crippen MR) is 146 cm³/mol. The fourth-order valence-corrected chi connectivity index (χ4v) is 6.00. The predicted octanol–water partition coefficient (Wildman–Crippen LogP) is 5.04. The van der Waals surface area contributed by atoms with Crippen LogP contribution in [0.15, 0.2) is 36.5 Å². The van der Waals surface area contributed by atoms with E-state index in [1.807, 2.05) is 24.3 Å². The molecule has 1 aromatic heterocycles. The summed E-state index contributed by atoms with van der Waals surface area (Å²) in [4.78, 5) is 4.01. The van der Waals surface area contributed by atoms with E-state index in [2.05, 4.69) is 23.7 Å². The lowest BCUT2D eigenvalue weighted by atomic mass is 9.78. The number of aliphatic hydroxyl groups is 2. The number of aryl methyl sites for hydroxylation is 2. The number of nitrogens with zero attached hydrogens (tertiary/aromatic N) is 1. The second-order valence-corrected chi connectivity index (χ2v) is 10.9. The van der Waals surface area contributed by atoms with Crippen molar-refractivity contribution in [2.24, 2.45) is 17.3 Å². The molecule has 200 valence electrons. The second kappa shape index (κ2) is 12.7. The number of aromatic hydroxyl groups is 1. The molecule has 1 aromatic carbocycles. The number of pyridine rings is 1. The number of hydrogen-bond acceptors (Lipinski definition) is 6. The van der Waals surface area contributed by atoms with Crippen molar-refractivity contribution in [2.45, 2.75) is 89.8 Å². The number of nitrogens with two attached hydrogens (primary N) is 1. The van der Waals surface area contributed by atoms with E-state index >= 15 is 0 Å². The van der Waals surface area contributed by atoms with Crippen molar-refractivity contribution >= 4 is 5.82 Å². The molecule has 0 saturated heterocycles. The summed E-state index contributed by atoms with van der Waals surface area (Å²) in [7, 11) is 0. The molecular weight excluding hydrogens is 464 g/mol. The summed E-state index contributed by atoms with van der Waals surface area (Å²) in [6, 6.07) is 9.16. The van der Waals surface area contributed by atoms with Gasteiger partial charge in [-0.2, -0.15) is 0 Å². The van der Waals surface area contributed by atoms with E-state index < -0.39 is 12.2 Å². The van der Waals surface area contributed by atoms with Crippen LogP contribution in [0.25, 0.3) is 0 Å². The maximum absolute atomic E-state index is 11.2. The number of anilines is 1. The Kier molecular flexibility index (Phi) is 9.34. The molecular formula is C31H42N2O4. The lowest BCUT2D eigenvalue weighted by molar-refractivity contribution is -0.0231. The van der Waals surface area contributed by atoms with Gasteiger partial charge in [0.05, 0.1) is 18.8 Å². The SMILES string of the molecule is CCC12C#CCC(C(O)CCc3ccc(O)c(OCCCc4ccnc(N)c4)c3)C(O)C(CCC1)CC2. The Morgan fingerprint density at radius 3 is 2.81 bits per heavy atom. The van der Waals surface area contributed by atoms with Crippen molar-refractivity contribution in [3.05, 3.63) is 47.7 Å². The van der Waals surface area contributed by atoms with Crippen LogP contribution < -0.4 is 10.5 Å². The Hall–Kier alpha value is -2.75. The number of nitrogen functional groups attached to an aromatic ring is 1. The minimum atomic E-state index is -0.633. The van der Waals surface area contributed by atoms with Crippen LogP contribution in [0.4, 0.5) is 5.82 Å². The van der Waals surface area contributed by atoms with Gasteiger partial charge in [0.2, 0.25) is 0 Å². The third-order valence-electron chi connectivity index (χ3n) is 8.47. The monoisotopic (exact) mass is 506 g/mol. The summed E-state index contributed by atoms with van der Waals surface area (Å²) < 4.78 is 5.86. The quantitative estimate of drug-likeness (QED) is 0.266. The van der Waals surface area contributed by atoms with Gasteiger partial charge in [-0.15, -0.1) is 5.92 Å². The largest absolute Gasteiger partial charge is 0.504 e. The smallest absolute Gasteiger partial charge is 0.161 e. The van der Waals surface area contributed by atoms with Crippen LogP contribution in [0.5, 0.6) is 11.5 Å². The maximum Gasteiger partial charge on any atom is 0.161 e. The van der Waals surface area contributed by atoms with Crippen molar-refractivity contribution in [1.29, 1.82) is 0 Å². The van der Waals surface area contributed by atoms with Crippen molar-refractivity contribution < 1.29 is 20.1 Å². The highest BCUT2D eigenvalue weighted by Gasteiger charge is 2.38. The van der Waals surface area contributed by atoms with Crippen molar-refractivity contribution in [2.75, 3.05) is 12.3 Å². The zero-order valence-electron chi connectivity index (χ0n) is 22.0. The standard InChI is InChI=1S/C31H42N2O4/c1-2-31-15-3-7-24(13-17-31)30(36)25(8-4-16-31)26(34)11-9-23-10-12-27(35)28(20-23)37-19-5-6-22-14-18-33-29(32)21-22/h10,12,14,18,20-21,24-26,30,34-36H,2-3,5-9,11,13,15,17,19H2,1H3,(H2,32,33). The normalized spacial score (nSPS) is 26.2. The van der Waals surface area contributed by atoms with E-state index in [9.17, 15) is 15.3 Å². The Balaban J connectivity index is 1.33. The van der Waals surface area contributed by atoms with E-state index in [0.717, 1.165) is 62.5 Å². The topological polar surface area (TPSA) is 109 Å². The summed E-state index contributed by atoms with van der Waals surface area (Å²) in [5.74, 6) is 7.98. The van der Waals surface area contributed by atoms with Gasteiger partial charge in [0.15, 0.2) is 11.5 Å². The zero-order chi connectivity index (χ0) is 26.3. The Bertz CT molecular complexity index is 1090. The van der Waals surface area contributed by atoms with Crippen LogP contribution in [-0.4, -0.2) is 39.1 Å². The van der Waals surface area contributed by atoms with Crippen LogP contribution in [0.3, 0.4) is 0 Å². The molecule has 6 nitrogen and oxygen atoms in total. The summed E-state index contributed by atoms with van der Waals surface area (Å²) in [6.45, 7) is 2.69. The number of phenolic OH excluding ortho intramolecular Hbond substituents is 1. The molecule has 0 spiro atoms. The van der Waals surface area contributed by atoms with Crippen molar-refractivity contribution in [3.8, 4) is 23.3 Å². The summed E-state index contributed by atoms with van der Waals surface area (Å²) in [5, 5.41) is 32.6. The number of hydrogen-bond donors (Lipinski definition) is 4. The van der Waals surface area contributed by atoms with Gasteiger partial charge in [-0.25, -0.2) is 4.98 Å². The molecule has 2 aliphatic carbocycles. The van der Waals surface area contributed by atoms with E-state index in [4.69, 9.17) is 10.5 Å². The molecule has 2 bridgehead atoms. The second-order valence-electron chi connectivity index (χ2n) is 10.9. The summed E-state index contributed by atoms with van der Waals surface area (Å²) in [5.41, 5.74) is 7.91. The number of ether oxygens (including phenoxy) is 1. The highest BCUT2D eigenvalue weighted by Crippen LogP contribution is 2.43. The number of rotatable bonds is 10. The third kappa shape index (κ3) is 7.18. The number of phenols is 1. The molecule has 0 aliphatic heterocycles. The molecule has 0 radical (unpaired) electrons. The Morgan fingerprint density at radius 1 is 1.16 bits per heavy atom. The van der Waals surface area contributed by atoms with E-state index in [0.29, 0.717) is 37.4 Å². The minimum absolute atomic E-state index is 0.0857. The van der Waals surface area contributed by atoms with E-state index in [1.165, 1.54) is 0 Å². The lowest BCUT2D eigenvalue weighted by Gasteiger charge is -2.31. The van der Waals surface area contributed by atoms with E-state index in [1.54, 1.807) is 12.3 Å². The van der Waals surface area contributed by atoms with Crippen LogP contribution >= 0.6 is 0 Å². The molecule has 2 aromatic rings. The number of aliphatic hydroxyl groups excluding tert-OH is 2. The maximum atomic E-state index is 11.2. The van der Waals surface area contributed by atoms with Gasteiger partial charge in [0, 0.05) is 24.0 Å².